The average molecular weight is 459 g/mol. The van der Waals surface area contributed by atoms with E-state index in [0.717, 1.165) is 24.8 Å². The van der Waals surface area contributed by atoms with Crippen LogP contribution in [0.2, 0.25) is 0 Å². The third kappa shape index (κ3) is 4.02. The van der Waals surface area contributed by atoms with Crippen LogP contribution in [0.25, 0.3) is 15.7 Å². The van der Waals surface area contributed by atoms with Gasteiger partial charge in [0.2, 0.25) is 0 Å². The lowest BCUT2D eigenvalue weighted by atomic mass is 9.73. The Bertz CT molecular complexity index is 1110. The van der Waals surface area contributed by atoms with Crippen LogP contribution in [0.4, 0.5) is 0 Å². The summed E-state index contributed by atoms with van der Waals surface area (Å²) in [7, 11) is 0. The number of aryl methyl sites for hydroxylation is 1. The summed E-state index contributed by atoms with van der Waals surface area (Å²) >= 11 is 2.00. The van der Waals surface area contributed by atoms with E-state index in [4.69, 9.17) is 5.73 Å². The van der Waals surface area contributed by atoms with E-state index in [9.17, 15) is 0 Å². The molecule has 5 atom stereocenters. The molecule has 0 bridgehead atoms. The van der Waals surface area contributed by atoms with Crippen LogP contribution in [0.5, 0.6) is 0 Å². The Morgan fingerprint density at radius 3 is 2.79 bits per heavy atom. The summed E-state index contributed by atoms with van der Waals surface area (Å²) in [4.78, 5) is 4.28. The fourth-order valence-corrected chi connectivity index (χ4v) is 8.43. The van der Waals surface area contributed by atoms with Crippen molar-refractivity contribution < 1.29 is 0 Å². The minimum absolute atomic E-state index is 0.296. The van der Waals surface area contributed by atoms with Crippen molar-refractivity contribution in [3.63, 3.8) is 0 Å². The lowest BCUT2D eigenvalue weighted by molar-refractivity contribution is 0.0771. The minimum atomic E-state index is 0.296. The van der Waals surface area contributed by atoms with Crippen molar-refractivity contribution >= 4 is 27.0 Å². The molecule has 2 aromatic rings. The van der Waals surface area contributed by atoms with Crippen molar-refractivity contribution in [2.24, 2.45) is 23.5 Å². The first kappa shape index (κ1) is 21.7. The van der Waals surface area contributed by atoms with Crippen molar-refractivity contribution in [1.29, 1.82) is 0 Å². The van der Waals surface area contributed by atoms with Crippen LogP contribution < -0.4 is 5.73 Å². The molecule has 0 radical (unpaired) electrons. The molecule has 0 spiro atoms. The molecule has 0 amide bonds. The molecule has 33 heavy (non-hydrogen) atoms. The topological polar surface area (TPSA) is 29.3 Å². The second kappa shape index (κ2) is 9.07. The highest BCUT2D eigenvalue weighted by atomic mass is 32.1. The molecule has 174 valence electrons. The number of hydrogen-bond donors (Lipinski definition) is 1. The van der Waals surface area contributed by atoms with Crippen LogP contribution in [0.3, 0.4) is 0 Å². The fraction of sp³-hybridized carbons (Fsp3) is 0.533. The summed E-state index contributed by atoms with van der Waals surface area (Å²) in [5, 5.41) is 1.48. The van der Waals surface area contributed by atoms with Crippen LogP contribution in [0, 0.1) is 17.8 Å². The largest absolute Gasteiger partial charge is 0.367 e. The van der Waals surface area contributed by atoms with Crippen molar-refractivity contribution in [2.45, 2.75) is 76.8 Å². The van der Waals surface area contributed by atoms with E-state index in [2.05, 4.69) is 60.4 Å². The number of nitrogens with two attached hydrogens (primary N) is 1. The number of nitrogens with zero attached hydrogens (tertiary/aromatic N) is 1. The molecule has 1 aromatic heterocycles. The predicted molar refractivity (Wildman–Crippen MR) is 142 cm³/mol. The van der Waals surface area contributed by atoms with E-state index < -0.39 is 0 Å². The second-order valence-electron chi connectivity index (χ2n) is 10.9. The third-order valence-electron chi connectivity index (χ3n) is 8.87. The van der Waals surface area contributed by atoms with Gasteiger partial charge >= 0.3 is 0 Å². The number of likely N-dealkylation sites (tertiary alicyclic amines) is 1. The highest BCUT2D eigenvalue weighted by Crippen LogP contribution is 2.45. The molecule has 2 heterocycles. The van der Waals surface area contributed by atoms with Gasteiger partial charge in [-0.3, -0.25) is 0 Å². The monoisotopic (exact) mass is 458 g/mol. The van der Waals surface area contributed by atoms with Crippen LogP contribution in [0.15, 0.2) is 54.3 Å². The van der Waals surface area contributed by atoms with Gasteiger partial charge in [0.25, 0.3) is 0 Å². The SMILES string of the molecule is CC1CCC(N)CN(C2=CCC(C3=CCCc4c3sc3ccccc43)C=C2)C2CCCCC12. The Hall–Kier alpha value is -1.84. The van der Waals surface area contributed by atoms with Gasteiger partial charge in [0, 0.05) is 39.8 Å². The molecule has 3 heteroatoms. The lowest BCUT2D eigenvalue weighted by Crippen LogP contribution is -2.50. The van der Waals surface area contributed by atoms with Gasteiger partial charge in [-0.05, 0) is 85.4 Å². The number of benzene rings is 1. The zero-order valence-corrected chi connectivity index (χ0v) is 20.8. The average Bonchev–Trinajstić information content (AvgIpc) is 3.24. The van der Waals surface area contributed by atoms with Gasteiger partial charge in [-0.25, -0.2) is 0 Å². The number of hydrogen-bond acceptors (Lipinski definition) is 3. The van der Waals surface area contributed by atoms with E-state index in [1.165, 1.54) is 67.1 Å². The Balaban J connectivity index is 1.26. The second-order valence-corrected chi connectivity index (χ2v) is 12.0. The van der Waals surface area contributed by atoms with Crippen molar-refractivity contribution in [2.75, 3.05) is 6.54 Å². The molecule has 2 N–H and O–H groups in total. The van der Waals surface area contributed by atoms with E-state index in [1.807, 2.05) is 11.3 Å². The molecule has 3 aliphatic carbocycles. The third-order valence-corrected chi connectivity index (χ3v) is 10.1. The quantitative estimate of drug-likeness (QED) is 0.511. The molecular weight excluding hydrogens is 420 g/mol. The van der Waals surface area contributed by atoms with Gasteiger partial charge in [0.1, 0.15) is 0 Å². The first-order valence-electron chi connectivity index (χ1n) is 13.3. The minimum Gasteiger partial charge on any atom is -0.367 e. The van der Waals surface area contributed by atoms with E-state index in [0.29, 0.717) is 18.0 Å². The van der Waals surface area contributed by atoms with Gasteiger partial charge in [0.05, 0.1) is 0 Å². The molecule has 4 aliphatic rings. The first-order valence-corrected chi connectivity index (χ1v) is 14.1. The number of allylic oxidation sites excluding steroid dienone is 5. The highest BCUT2D eigenvalue weighted by Gasteiger charge is 2.37. The van der Waals surface area contributed by atoms with Gasteiger partial charge in [-0.1, -0.05) is 56.2 Å². The summed E-state index contributed by atoms with van der Waals surface area (Å²) in [6.07, 6.45) is 21.5. The van der Waals surface area contributed by atoms with Crippen molar-refractivity contribution in [3.05, 3.63) is 64.7 Å². The van der Waals surface area contributed by atoms with Crippen molar-refractivity contribution in [1.82, 2.24) is 4.90 Å². The maximum atomic E-state index is 6.62. The van der Waals surface area contributed by atoms with Gasteiger partial charge in [0.15, 0.2) is 0 Å². The van der Waals surface area contributed by atoms with Gasteiger partial charge < -0.3 is 10.6 Å². The fourth-order valence-electron chi connectivity index (χ4n) is 7.08. The summed E-state index contributed by atoms with van der Waals surface area (Å²) in [5.41, 5.74) is 11.2. The Kier molecular flexibility index (Phi) is 5.96. The summed E-state index contributed by atoms with van der Waals surface area (Å²) in [5.74, 6) is 2.13. The maximum Gasteiger partial charge on any atom is 0.0352 e. The van der Waals surface area contributed by atoms with Crippen LogP contribution >= 0.6 is 11.3 Å². The molecule has 6 rings (SSSR count). The van der Waals surface area contributed by atoms with Gasteiger partial charge in [-0.15, -0.1) is 11.3 Å². The zero-order chi connectivity index (χ0) is 22.4. The normalized spacial score (nSPS) is 32.4. The van der Waals surface area contributed by atoms with Crippen LogP contribution in [-0.4, -0.2) is 23.5 Å². The zero-order valence-electron chi connectivity index (χ0n) is 20.0. The van der Waals surface area contributed by atoms with Gasteiger partial charge in [-0.2, -0.15) is 0 Å². The van der Waals surface area contributed by atoms with Crippen LogP contribution in [0.1, 0.15) is 68.7 Å². The molecule has 1 aliphatic heterocycles. The number of fused-ring (bicyclic) bond motifs is 4. The molecule has 1 saturated heterocycles. The number of thiophene rings is 1. The smallest absolute Gasteiger partial charge is 0.0352 e. The summed E-state index contributed by atoms with van der Waals surface area (Å²) < 4.78 is 1.44. The summed E-state index contributed by atoms with van der Waals surface area (Å²) in [6.45, 7) is 3.51. The molecule has 1 saturated carbocycles. The Labute approximate surface area is 203 Å². The lowest BCUT2D eigenvalue weighted by Gasteiger charge is -2.47. The summed E-state index contributed by atoms with van der Waals surface area (Å²) in [6, 6.07) is 9.94. The molecule has 2 fully saturated rings. The molecule has 2 nitrogen and oxygen atoms in total. The number of rotatable bonds is 2. The Morgan fingerprint density at radius 2 is 1.91 bits per heavy atom. The first-order chi connectivity index (χ1) is 16.2. The van der Waals surface area contributed by atoms with E-state index in [-0.39, 0.29) is 0 Å². The molecular formula is C30H38N2S. The van der Waals surface area contributed by atoms with Crippen LogP contribution in [-0.2, 0) is 6.42 Å². The molecule has 1 aromatic carbocycles. The standard InChI is InChI=1S/C30H38N2S/c1-20-13-16-22(31)19-32(28-11-4-2-7-24(20)28)23-17-14-21(15-18-23)25-9-6-10-27-26-8-3-5-12-29(26)33-30(25)27/h3,5,8-9,12,14,17-18,20-22,24,28H,2,4,6-7,10-11,13,15-16,19,31H2,1H3. The predicted octanol–water partition coefficient (Wildman–Crippen LogP) is 7.31. The maximum absolute atomic E-state index is 6.62. The van der Waals surface area contributed by atoms with Crippen molar-refractivity contribution in [3.8, 4) is 0 Å². The van der Waals surface area contributed by atoms with E-state index >= 15 is 0 Å². The van der Waals surface area contributed by atoms with E-state index in [1.54, 1.807) is 16.0 Å². The highest BCUT2D eigenvalue weighted by molar-refractivity contribution is 7.20. The Morgan fingerprint density at radius 1 is 1.03 bits per heavy atom. The molecule has 5 unspecified atom stereocenters.